The quantitative estimate of drug-likeness (QED) is 0.471. The third-order valence-electron chi connectivity index (χ3n) is 3.96. The standard InChI is InChI=1S/C20H15BrN4O/c21-17-8-9-19(16(10-17)11-22-20-23-13-24-25-20)26-12-15-6-3-5-14-4-1-2-7-18(14)15/h1-11,13H,12H2,(H,23,24,25)/b22-11+. The molecule has 0 saturated carbocycles. The lowest BCUT2D eigenvalue weighted by Gasteiger charge is -2.11. The van der Waals surface area contributed by atoms with Crippen LogP contribution in [0, 0.1) is 0 Å². The van der Waals surface area contributed by atoms with Gasteiger partial charge in [-0.05, 0) is 34.5 Å². The van der Waals surface area contributed by atoms with Crippen molar-refractivity contribution in [2.45, 2.75) is 6.61 Å². The van der Waals surface area contributed by atoms with E-state index in [1.54, 1.807) is 6.21 Å². The second-order valence-corrected chi connectivity index (χ2v) is 6.59. The van der Waals surface area contributed by atoms with Gasteiger partial charge in [-0.25, -0.2) is 10.1 Å². The normalized spacial score (nSPS) is 11.3. The number of hydrogen-bond donors (Lipinski definition) is 1. The first-order chi connectivity index (χ1) is 12.8. The molecule has 1 aromatic heterocycles. The van der Waals surface area contributed by atoms with Gasteiger partial charge in [0.25, 0.3) is 0 Å². The molecular formula is C20H15BrN4O. The maximum Gasteiger partial charge on any atom is 0.245 e. The molecule has 0 unspecified atom stereocenters. The van der Waals surface area contributed by atoms with Crippen LogP contribution in [0.3, 0.4) is 0 Å². The maximum atomic E-state index is 6.10. The molecule has 0 spiro atoms. The first-order valence-corrected chi connectivity index (χ1v) is 8.87. The number of nitrogens with zero attached hydrogens (tertiary/aromatic N) is 3. The van der Waals surface area contributed by atoms with Crippen molar-refractivity contribution < 1.29 is 4.74 Å². The van der Waals surface area contributed by atoms with Gasteiger partial charge in [0.2, 0.25) is 5.95 Å². The molecule has 3 aromatic carbocycles. The van der Waals surface area contributed by atoms with Crippen LogP contribution in [-0.4, -0.2) is 21.4 Å². The molecule has 4 aromatic rings. The van der Waals surface area contributed by atoms with Crippen LogP contribution >= 0.6 is 15.9 Å². The van der Waals surface area contributed by atoms with Crippen molar-refractivity contribution in [3.63, 3.8) is 0 Å². The molecular weight excluding hydrogens is 392 g/mol. The van der Waals surface area contributed by atoms with Gasteiger partial charge >= 0.3 is 0 Å². The summed E-state index contributed by atoms with van der Waals surface area (Å²) in [5.74, 6) is 1.20. The first kappa shape index (κ1) is 16.5. The Labute approximate surface area is 158 Å². The van der Waals surface area contributed by atoms with E-state index in [0.29, 0.717) is 12.6 Å². The van der Waals surface area contributed by atoms with E-state index in [9.17, 15) is 0 Å². The second kappa shape index (κ2) is 7.49. The van der Waals surface area contributed by atoms with Crippen molar-refractivity contribution in [2.75, 3.05) is 0 Å². The van der Waals surface area contributed by atoms with Gasteiger partial charge < -0.3 is 4.74 Å². The van der Waals surface area contributed by atoms with Crippen molar-refractivity contribution in [3.8, 4) is 5.75 Å². The van der Waals surface area contributed by atoms with Gasteiger partial charge in [0.15, 0.2) is 0 Å². The Morgan fingerprint density at radius 1 is 1.08 bits per heavy atom. The average Bonchev–Trinajstić information content (AvgIpc) is 3.19. The first-order valence-electron chi connectivity index (χ1n) is 8.08. The Bertz CT molecular complexity index is 1060. The fourth-order valence-corrected chi connectivity index (χ4v) is 3.10. The summed E-state index contributed by atoms with van der Waals surface area (Å²) in [6.45, 7) is 0.478. The van der Waals surface area contributed by atoms with Crippen molar-refractivity contribution >= 4 is 38.9 Å². The largest absolute Gasteiger partial charge is 0.488 e. The zero-order chi connectivity index (χ0) is 17.8. The highest BCUT2D eigenvalue weighted by molar-refractivity contribution is 9.10. The highest BCUT2D eigenvalue weighted by Crippen LogP contribution is 2.25. The van der Waals surface area contributed by atoms with E-state index in [4.69, 9.17) is 4.74 Å². The van der Waals surface area contributed by atoms with Gasteiger partial charge in [-0.1, -0.05) is 58.4 Å². The third kappa shape index (κ3) is 3.65. The van der Waals surface area contributed by atoms with E-state index in [-0.39, 0.29) is 0 Å². The molecule has 0 radical (unpaired) electrons. The molecule has 0 amide bonds. The van der Waals surface area contributed by atoms with Crippen LogP contribution in [0.4, 0.5) is 5.95 Å². The Kier molecular flexibility index (Phi) is 4.75. The summed E-state index contributed by atoms with van der Waals surface area (Å²) >= 11 is 3.49. The summed E-state index contributed by atoms with van der Waals surface area (Å²) < 4.78 is 7.05. The highest BCUT2D eigenvalue weighted by Gasteiger charge is 2.06. The Hall–Kier alpha value is -2.99. The van der Waals surface area contributed by atoms with Crippen LogP contribution in [0.15, 0.2) is 76.5 Å². The molecule has 6 heteroatoms. The van der Waals surface area contributed by atoms with E-state index in [0.717, 1.165) is 21.3 Å². The number of aliphatic imine (C=N–C) groups is 1. The maximum absolute atomic E-state index is 6.10. The monoisotopic (exact) mass is 406 g/mol. The predicted molar refractivity (Wildman–Crippen MR) is 106 cm³/mol. The molecule has 0 aliphatic rings. The van der Waals surface area contributed by atoms with E-state index in [1.165, 1.54) is 17.1 Å². The van der Waals surface area contributed by atoms with Gasteiger partial charge in [0, 0.05) is 16.3 Å². The Morgan fingerprint density at radius 3 is 2.85 bits per heavy atom. The summed E-state index contributed by atoms with van der Waals surface area (Å²) in [7, 11) is 0. The fourth-order valence-electron chi connectivity index (χ4n) is 2.72. The number of nitrogens with one attached hydrogen (secondary N) is 1. The molecule has 1 N–H and O–H groups in total. The van der Waals surface area contributed by atoms with Crippen molar-refractivity contribution in [1.82, 2.24) is 15.2 Å². The van der Waals surface area contributed by atoms with Gasteiger partial charge in [0.1, 0.15) is 18.7 Å². The molecule has 1 heterocycles. The summed E-state index contributed by atoms with van der Waals surface area (Å²) in [5, 5.41) is 8.90. The van der Waals surface area contributed by atoms with Crippen molar-refractivity contribution in [2.24, 2.45) is 4.99 Å². The summed E-state index contributed by atoms with van der Waals surface area (Å²) in [6, 6.07) is 20.4. The Balaban J connectivity index is 1.60. The zero-order valence-electron chi connectivity index (χ0n) is 13.8. The van der Waals surface area contributed by atoms with Gasteiger partial charge in [-0.15, -0.1) is 0 Å². The van der Waals surface area contributed by atoms with Crippen LogP contribution in [0.5, 0.6) is 5.75 Å². The molecule has 0 saturated heterocycles. The molecule has 4 rings (SSSR count). The second-order valence-electron chi connectivity index (χ2n) is 5.68. The minimum Gasteiger partial charge on any atom is -0.488 e. The average molecular weight is 407 g/mol. The van der Waals surface area contributed by atoms with Gasteiger partial charge in [-0.2, -0.15) is 10.1 Å². The van der Waals surface area contributed by atoms with Crippen molar-refractivity contribution in [3.05, 3.63) is 82.6 Å². The fraction of sp³-hybridized carbons (Fsp3) is 0.0500. The molecule has 0 aliphatic heterocycles. The molecule has 0 bridgehead atoms. The summed E-state index contributed by atoms with van der Waals surface area (Å²) in [4.78, 5) is 8.28. The number of H-pyrrole nitrogens is 1. The minimum atomic E-state index is 0.449. The lowest BCUT2D eigenvalue weighted by Crippen LogP contribution is -1.99. The minimum absolute atomic E-state index is 0.449. The van der Waals surface area contributed by atoms with Crippen LogP contribution < -0.4 is 4.74 Å². The van der Waals surface area contributed by atoms with Crippen LogP contribution in [0.2, 0.25) is 0 Å². The third-order valence-corrected chi connectivity index (χ3v) is 4.46. The number of aromatic nitrogens is 3. The van der Waals surface area contributed by atoms with Crippen LogP contribution in [-0.2, 0) is 6.61 Å². The molecule has 0 aliphatic carbocycles. The van der Waals surface area contributed by atoms with E-state index >= 15 is 0 Å². The molecule has 128 valence electrons. The summed E-state index contributed by atoms with van der Waals surface area (Å²) in [5.41, 5.74) is 2.00. The topological polar surface area (TPSA) is 63.2 Å². The SMILES string of the molecule is Brc1ccc(OCc2cccc3ccccc23)c(/C=N/c2ncn[nH]2)c1. The van der Waals surface area contributed by atoms with Crippen LogP contribution in [0.25, 0.3) is 10.8 Å². The molecule has 26 heavy (non-hydrogen) atoms. The van der Waals surface area contributed by atoms with E-state index < -0.39 is 0 Å². The lowest BCUT2D eigenvalue weighted by molar-refractivity contribution is 0.307. The predicted octanol–water partition coefficient (Wildman–Crippen LogP) is 5.05. The molecule has 0 fully saturated rings. The van der Waals surface area contributed by atoms with Gasteiger partial charge in [-0.3, -0.25) is 0 Å². The summed E-state index contributed by atoms with van der Waals surface area (Å²) in [6.07, 6.45) is 3.13. The molecule has 5 nitrogen and oxygen atoms in total. The molecule has 0 atom stereocenters. The highest BCUT2D eigenvalue weighted by atomic mass is 79.9. The number of halogens is 1. The lowest BCUT2D eigenvalue weighted by atomic mass is 10.1. The number of hydrogen-bond acceptors (Lipinski definition) is 4. The number of rotatable bonds is 5. The number of fused-ring (bicyclic) bond motifs is 1. The van der Waals surface area contributed by atoms with Crippen LogP contribution in [0.1, 0.15) is 11.1 Å². The smallest absolute Gasteiger partial charge is 0.245 e. The van der Waals surface area contributed by atoms with E-state index in [1.807, 2.05) is 30.3 Å². The number of benzene rings is 3. The zero-order valence-corrected chi connectivity index (χ0v) is 15.3. The van der Waals surface area contributed by atoms with E-state index in [2.05, 4.69) is 66.4 Å². The van der Waals surface area contributed by atoms with Gasteiger partial charge in [0.05, 0.1) is 0 Å². The Morgan fingerprint density at radius 2 is 1.96 bits per heavy atom. The number of aromatic amines is 1. The number of ether oxygens (including phenoxy) is 1. The van der Waals surface area contributed by atoms with Crippen molar-refractivity contribution in [1.29, 1.82) is 0 Å².